The highest BCUT2D eigenvalue weighted by atomic mass is 16.6. The molecule has 5 nitrogen and oxygen atoms in total. The minimum Gasteiger partial charge on any atom is -0.394 e. The van der Waals surface area contributed by atoms with E-state index in [2.05, 4.69) is 13.0 Å². The number of allylic oxidation sites excluding steroid dienone is 1. The summed E-state index contributed by atoms with van der Waals surface area (Å²) in [6.07, 6.45) is 8.33. The maximum Gasteiger partial charge on any atom is 0.114 e. The van der Waals surface area contributed by atoms with Gasteiger partial charge in [0, 0.05) is 0 Å². The van der Waals surface area contributed by atoms with Gasteiger partial charge in [0.15, 0.2) is 0 Å². The van der Waals surface area contributed by atoms with Crippen LogP contribution in [0.1, 0.15) is 45.4 Å². The van der Waals surface area contributed by atoms with Gasteiger partial charge in [-0.05, 0) is 12.8 Å². The quantitative estimate of drug-likeness (QED) is 0.397. The average molecular weight is 302 g/mol. The molecule has 1 saturated heterocycles. The first-order valence-corrected chi connectivity index (χ1v) is 8.05. The standard InChI is InChI=1S/C16H30O5/c1-2-3-4-5-6-7-8-9-10-20-14-12-21-16(15(14)19)13(18)11-17/h8-9,13-19H,2-7,10-12H2,1H3/b9-8+/t13-,14+,15+,16+/m0/s1. The second kappa shape index (κ2) is 11.2. The van der Waals surface area contributed by atoms with Crippen molar-refractivity contribution < 1.29 is 24.8 Å². The first-order valence-electron chi connectivity index (χ1n) is 8.05. The van der Waals surface area contributed by atoms with E-state index in [0.717, 1.165) is 6.42 Å². The summed E-state index contributed by atoms with van der Waals surface area (Å²) in [7, 11) is 0. The molecule has 0 aromatic carbocycles. The molecule has 1 heterocycles. The second-order valence-electron chi connectivity index (χ2n) is 5.58. The molecule has 0 aromatic rings. The van der Waals surface area contributed by atoms with Crippen molar-refractivity contribution in [2.24, 2.45) is 0 Å². The summed E-state index contributed by atoms with van der Waals surface area (Å²) in [6.45, 7) is 2.46. The third-order valence-corrected chi connectivity index (χ3v) is 3.78. The van der Waals surface area contributed by atoms with Crippen molar-refractivity contribution in [1.82, 2.24) is 0 Å². The van der Waals surface area contributed by atoms with Gasteiger partial charge in [-0.3, -0.25) is 0 Å². The topological polar surface area (TPSA) is 79.2 Å². The molecule has 0 unspecified atom stereocenters. The summed E-state index contributed by atoms with van der Waals surface area (Å²) in [6, 6.07) is 0. The predicted octanol–water partition coefficient (Wildman–Crippen LogP) is 1.40. The molecule has 1 fully saturated rings. The van der Waals surface area contributed by atoms with E-state index in [9.17, 15) is 10.2 Å². The van der Waals surface area contributed by atoms with Crippen molar-refractivity contribution in [3.63, 3.8) is 0 Å². The number of hydrogen-bond acceptors (Lipinski definition) is 5. The minimum absolute atomic E-state index is 0.244. The van der Waals surface area contributed by atoms with E-state index < -0.39 is 31.0 Å². The van der Waals surface area contributed by atoms with Crippen LogP contribution in [-0.2, 0) is 9.47 Å². The molecule has 0 aliphatic carbocycles. The molecule has 0 saturated carbocycles. The van der Waals surface area contributed by atoms with E-state index in [1.54, 1.807) is 0 Å². The van der Waals surface area contributed by atoms with Gasteiger partial charge in [0.05, 0.1) is 19.8 Å². The van der Waals surface area contributed by atoms with Crippen molar-refractivity contribution in [2.45, 2.75) is 69.9 Å². The van der Waals surface area contributed by atoms with Gasteiger partial charge in [0.25, 0.3) is 0 Å². The highest BCUT2D eigenvalue weighted by Gasteiger charge is 2.40. The van der Waals surface area contributed by atoms with Crippen molar-refractivity contribution in [1.29, 1.82) is 0 Å². The van der Waals surface area contributed by atoms with Gasteiger partial charge in [-0.2, -0.15) is 0 Å². The number of aliphatic hydroxyl groups excluding tert-OH is 3. The van der Waals surface area contributed by atoms with Gasteiger partial charge >= 0.3 is 0 Å². The van der Waals surface area contributed by atoms with Crippen LogP contribution in [0.15, 0.2) is 12.2 Å². The number of hydrogen-bond donors (Lipinski definition) is 3. The minimum atomic E-state index is -1.06. The molecule has 1 aliphatic rings. The zero-order chi connectivity index (χ0) is 15.5. The van der Waals surface area contributed by atoms with Crippen LogP contribution >= 0.6 is 0 Å². The summed E-state index contributed by atoms with van der Waals surface area (Å²) in [5, 5.41) is 28.3. The molecule has 124 valence electrons. The molecule has 0 bridgehead atoms. The Morgan fingerprint density at radius 2 is 2.00 bits per heavy atom. The van der Waals surface area contributed by atoms with Gasteiger partial charge < -0.3 is 24.8 Å². The van der Waals surface area contributed by atoms with Crippen LogP contribution in [0.5, 0.6) is 0 Å². The van der Waals surface area contributed by atoms with Gasteiger partial charge in [-0.15, -0.1) is 0 Å². The smallest absolute Gasteiger partial charge is 0.114 e. The molecule has 0 radical (unpaired) electrons. The number of ether oxygens (including phenoxy) is 2. The van der Waals surface area contributed by atoms with E-state index in [-0.39, 0.29) is 6.61 Å². The lowest BCUT2D eigenvalue weighted by molar-refractivity contribution is -0.0716. The molecule has 0 spiro atoms. The Labute approximate surface area is 127 Å². The van der Waals surface area contributed by atoms with E-state index in [1.807, 2.05) is 6.08 Å². The Kier molecular flexibility index (Phi) is 9.87. The highest BCUT2D eigenvalue weighted by molar-refractivity contribution is 4.90. The van der Waals surface area contributed by atoms with Crippen molar-refractivity contribution in [3.8, 4) is 0 Å². The van der Waals surface area contributed by atoms with Crippen molar-refractivity contribution in [2.75, 3.05) is 19.8 Å². The van der Waals surface area contributed by atoms with E-state index in [0.29, 0.717) is 6.61 Å². The van der Waals surface area contributed by atoms with Crippen LogP contribution in [0.4, 0.5) is 0 Å². The Hall–Kier alpha value is -0.460. The first-order chi connectivity index (χ1) is 10.2. The van der Waals surface area contributed by atoms with Crippen LogP contribution in [0.2, 0.25) is 0 Å². The fourth-order valence-corrected chi connectivity index (χ4v) is 2.43. The summed E-state index contributed by atoms with van der Waals surface area (Å²) >= 11 is 0. The lowest BCUT2D eigenvalue weighted by Gasteiger charge is -2.20. The van der Waals surface area contributed by atoms with Gasteiger partial charge in [-0.1, -0.05) is 44.8 Å². The monoisotopic (exact) mass is 302 g/mol. The highest BCUT2D eigenvalue weighted by Crippen LogP contribution is 2.20. The summed E-state index contributed by atoms with van der Waals surface area (Å²) < 4.78 is 10.8. The van der Waals surface area contributed by atoms with E-state index in [1.165, 1.54) is 32.1 Å². The molecule has 3 N–H and O–H groups in total. The molecular formula is C16H30O5. The summed E-state index contributed by atoms with van der Waals surface area (Å²) in [4.78, 5) is 0. The normalized spacial score (nSPS) is 27.5. The molecule has 0 amide bonds. The largest absolute Gasteiger partial charge is 0.394 e. The van der Waals surface area contributed by atoms with E-state index >= 15 is 0 Å². The third-order valence-electron chi connectivity index (χ3n) is 3.78. The third kappa shape index (κ3) is 6.89. The van der Waals surface area contributed by atoms with Gasteiger partial charge in [0.1, 0.15) is 24.4 Å². The zero-order valence-electron chi connectivity index (χ0n) is 13.0. The van der Waals surface area contributed by atoms with Crippen molar-refractivity contribution in [3.05, 3.63) is 12.2 Å². The Morgan fingerprint density at radius 3 is 2.71 bits per heavy atom. The van der Waals surface area contributed by atoms with Crippen LogP contribution in [0.3, 0.4) is 0 Å². The van der Waals surface area contributed by atoms with Crippen LogP contribution in [-0.4, -0.2) is 59.6 Å². The maximum absolute atomic E-state index is 9.93. The Morgan fingerprint density at radius 1 is 1.24 bits per heavy atom. The zero-order valence-corrected chi connectivity index (χ0v) is 13.0. The molecule has 1 aliphatic heterocycles. The van der Waals surface area contributed by atoms with Crippen molar-refractivity contribution >= 4 is 0 Å². The Balaban J connectivity index is 2.07. The second-order valence-corrected chi connectivity index (χ2v) is 5.58. The van der Waals surface area contributed by atoms with Crippen LogP contribution < -0.4 is 0 Å². The van der Waals surface area contributed by atoms with E-state index in [4.69, 9.17) is 14.6 Å². The molecule has 0 aromatic heterocycles. The molecule has 4 atom stereocenters. The first kappa shape index (κ1) is 18.6. The fourth-order valence-electron chi connectivity index (χ4n) is 2.43. The molecule has 1 rings (SSSR count). The molecular weight excluding hydrogens is 272 g/mol. The maximum atomic E-state index is 9.93. The lowest BCUT2D eigenvalue weighted by Crippen LogP contribution is -2.41. The number of aliphatic hydroxyl groups is 3. The number of unbranched alkanes of at least 4 members (excludes halogenated alkanes) is 5. The SMILES string of the molecule is CCCCCCC/C=C/CO[C@@H]1CO[C@H]([C@@H](O)CO)[C@@H]1O. The average Bonchev–Trinajstić information content (AvgIpc) is 2.86. The lowest BCUT2D eigenvalue weighted by atomic mass is 10.1. The van der Waals surface area contributed by atoms with Gasteiger partial charge in [-0.25, -0.2) is 0 Å². The fraction of sp³-hybridized carbons (Fsp3) is 0.875. The molecule has 5 heteroatoms. The van der Waals surface area contributed by atoms with Crippen LogP contribution in [0.25, 0.3) is 0 Å². The Bertz CT molecular complexity index is 282. The van der Waals surface area contributed by atoms with Crippen LogP contribution in [0, 0.1) is 0 Å². The predicted molar refractivity (Wildman–Crippen MR) is 81.1 cm³/mol. The number of rotatable bonds is 11. The molecule has 21 heavy (non-hydrogen) atoms. The summed E-state index contributed by atoms with van der Waals surface area (Å²) in [5.41, 5.74) is 0. The van der Waals surface area contributed by atoms with Gasteiger partial charge in [0.2, 0.25) is 0 Å². The summed E-state index contributed by atoms with van der Waals surface area (Å²) in [5.74, 6) is 0.